The Balaban J connectivity index is 1.54. The molecule has 0 aliphatic carbocycles. The highest BCUT2D eigenvalue weighted by atomic mass is 79.9. The predicted octanol–water partition coefficient (Wildman–Crippen LogP) is 4.42. The number of pyridine rings is 1. The van der Waals surface area contributed by atoms with Gasteiger partial charge < -0.3 is 4.42 Å². The number of rotatable bonds is 4. The molecule has 0 bridgehead atoms. The molecule has 4 aromatic rings. The Morgan fingerprint density at radius 1 is 1.11 bits per heavy atom. The minimum Gasteiger partial charge on any atom is -0.411 e. The van der Waals surface area contributed by atoms with E-state index in [1.165, 1.54) is 22.2 Å². The van der Waals surface area contributed by atoms with Gasteiger partial charge in [0.1, 0.15) is 5.65 Å². The summed E-state index contributed by atoms with van der Waals surface area (Å²) in [5, 5.41) is 8.67. The van der Waals surface area contributed by atoms with Gasteiger partial charge in [-0.05, 0) is 54.0 Å². The average molecular weight is 443 g/mol. The molecule has 6 nitrogen and oxygen atoms in total. The van der Waals surface area contributed by atoms with Crippen molar-refractivity contribution < 1.29 is 4.42 Å². The number of thioether (sulfide) groups is 1. The van der Waals surface area contributed by atoms with E-state index in [1.54, 1.807) is 12.3 Å². The van der Waals surface area contributed by atoms with Crippen LogP contribution in [0.4, 0.5) is 0 Å². The average Bonchev–Trinajstić information content (AvgIpc) is 3.09. The molecule has 1 aromatic carbocycles. The van der Waals surface area contributed by atoms with Crippen LogP contribution in [0.2, 0.25) is 0 Å². The van der Waals surface area contributed by atoms with Crippen LogP contribution >= 0.6 is 27.7 Å². The fourth-order valence-electron chi connectivity index (χ4n) is 2.82. The second-order valence-electron chi connectivity index (χ2n) is 6.20. The maximum absolute atomic E-state index is 12.3. The molecular formula is C19H15BrN4O2S. The zero-order valence-corrected chi connectivity index (χ0v) is 17.0. The first-order valence-corrected chi connectivity index (χ1v) is 9.98. The molecule has 3 aromatic heterocycles. The van der Waals surface area contributed by atoms with E-state index < -0.39 is 0 Å². The molecule has 0 amide bonds. The molecule has 0 N–H and O–H groups in total. The van der Waals surface area contributed by atoms with Gasteiger partial charge in [-0.3, -0.25) is 9.20 Å². The Morgan fingerprint density at radius 2 is 1.89 bits per heavy atom. The van der Waals surface area contributed by atoms with E-state index in [0.717, 1.165) is 21.2 Å². The molecule has 0 spiro atoms. The zero-order chi connectivity index (χ0) is 19.0. The number of hydrogen-bond donors (Lipinski definition) is 0. The third kappa shape index (κ3) is 3.96. The number of nitrogens with zero attached hydrogens (tertiary/aromatic N) is 4. The van der Waals surface area contributed by atoms with Crippen molar-refractivity contribution in [3.63, 3.8) is 0 Å². The lowest BCUT2D eigenvalue weighted by molar-refractivity contribution is 0.465. The SMILES string of the molecule is Cc1cc(C)cc(-c2nnc(SCc3cc(=O)n4cc(Br)ccc4n3)o2)c1. The van der Waals surface area contributed by atoms with Crippen molar-refractivity contribution in [3.05, 3.63) is 74.2 Å². The Morgan fingerprint density at radius 3 is 2.67 bits per heavy atom. The van der Waals surface area contributed by atoms with E-state index in [2.05, 4.69) is 37.2 Å². The molecular weight excluding hydrogens is 428 g/mol. The van der Waals surface area contributed by atoms with Crippen molar-refractivity contribution in [3.8, 4) is 11.5 Å². The first kappa shape index (κ1) is 17.9. The largest absolute Gasteiger partial charge is 0.411 e. The zero-order valence-electron chi connectivity index (χ0n) is 14.6. The van der Waals surface area contributed by atoms with E-state index in [9.17, 15) is 4.79 Å². The summed E-state index contributed by atoms with van der Waals surface area (Å²) in [7, 11) is 0. The van der Waals surface area contributed by atoms with Crippen molar-refractivity contribution in [2.75, 3.05) is 0 Å². The van der Waals surface area contributed by atoms with Crippen LogP contribution in [-0.4, -0.2) is 19.6 Å². The maximum atomic E-state index is 12.3. The number of aryl methyl sites for hydroxylation is 2. The van der Waals surface area contributed by atoms with Crippen LogP contribution in [0, 0.1) is 13.8 Å². The number of halogens is 1. The molecule has 0 unspecified atom stereocenters. The van der Waals surface area contributed by atoms with E-state index in [0.29, 0.717) is 28.2 Å². The minimum atomic E-state index is -0.127. The first-order chi connectivity index (χ1) is 13.0. The lowest BCUT2D eigenvalue weighted by atomic mass is 10.1. The highest BCUT2D eigenvalue weighted by Crippen LogP contribution is 2.26. The normalized spacial score (nSPS) is 11.2. The van der Waals surface area contributed by atoms with Gasteiger partial charge >= 0.3 is 0 Å². The number of aromatic nitrogens is 4. The van der Waals surface area contributed by atoms with Gasteiger partial charge in [0.15, 0.2) is 0 Å². The topological polar surface area (TPSA) is 73.3 Å². The summed E-state index contributed by atoms with van der Waals surface area (Å²) in [5.41, 5.74) is 4.33. The molecule has 0 aliphatic rings. The first-order valence-electron chi connectivity index (χ1n) is 8.21. The molecule has 0 saturated heterocycles. The van der Waals surface area contributed by atoms with Crippen molar-refractivity contribution >= 4 is 33.3 Å². The second kappa shape index (κ2) is 7.28. The smallest absolute Gasteiger partial charge is 0.277 e. The summed E-state index contributed by atoms with van der Waals surface area (Å²) in [4.78, 5) is 16.8. The van der Waals surface area contributed by atoms with Gasteiger partial charge in [-0.1, -0.05) is 29.0 Å². The van der Waals surface area contributed by atoms with Crippen molar-refractivity contribution in [1.82, 2.24) is 19.6 Å². The van der Waals surface area contributed by atoms with Gasteiger partial charge in [-0.15, -0.1) is 10.2 Å². The van der Waals surface area contributed by atoms with Crippen LogP contribution in [-0.2, 0) is 5.75 Å². The monoisotopic (exact) mass is 442 g/mol. The Labute approximate surface area is 167 Å². The molecule has 136 valence electrons. The molecule has 8 heteroatoms. The molecule has 4 rings (SSSR count). The van der Waals surface area contributed by atoms with E-state index in [4.69, 9.17) is 4.42 Å². The molecule has 0 atom stereocenters. The lowest BCUT2D eigenvalue weighted by Crippen LogP contribution is -2.15. The number of benzene rings is 1. The third-order valence-electron chi connectivity index (χ3n) is 3.90. The van der Waals surface area contributed by atoms with E-state index in [-0.39, 0.29) is 5.56 Å². The fourth-order valence-corrected chi connectivity index (χ4v) is 3.81. The Bertz CT molecular complexity index is 1180. The van der Waals surface area contributed by atoms with Crippen LogP contribution in [0.5, 0.6) is 0 Å². The van der Waals surface area contributed by atoms with Crippen molar-refractivity contribution in [2.24, 2.45) is 0 Å². The summed E-state index contributed by atoms with van der Waals surface area (Å²) >= 11 is 4.72. The number of fused-ring (bicyclic) bond motifs is 1. The van der Waals surface area contributed by atoms with Crippen LogP contribution < -0.4 is 5.56 Å². The highest BCUT2D eigenvalue weighted by molar-refractivity contribution is 9.10. The van der Waals surface area contributed by atoms with Crippen molar-refractivity contribution in [1.29, 1.82) is 0 Å². The summed E-state index contributed by atoms with van der Waals surface area (Å²) in [6.45, 7) is 4.07. The molecule has 0 fully saturated rings. The summed E-state index contributed by atoms with van der Waals surface area (Å²) in [5.74, 6) is 0.955. The van der Waals surface area contributed by atoms with Crippen LogP contribution in [0.1, 0.15) is 16.8 Å². The molecule has 0 saturated carbocycles. The van der Waals surface area contributed by atoms with Crippen LogP contribution in [0.25, 0.3) is 17.1 Å². The van der Waals surface area contributed by atoms with Crippen LogP contribution in [0.3, 0.4) is 0 Å². The lowest BCUT2D eigenvalue weighted by Gasteiger charge is -2.03. The molecule has 27 heavy (non-hydrogen) atoms. The van der Waals surface area contributed by atoms with Crippen molar-refractivity contribution in [2.45, 2.75) is 24.8 Å². The van der Waals surface area contributed by atoms with E-state index >= 15 is 0 Å². The van der Waals surface area contributed by atoms with Gasteiger partial charge in [-0.2, -0.15) is 0 Å². The van der Waals surface area contributed by atoms with E-state index in [1.807, 2.05) is 32.0 Å². The van der Waals surface area contributed by atoms with Gasteiger partial charge in [0.2, 0.25) is 5.89 Å². The Kier molecular flexibility index (Phi) is 4.84. The van der Waals surface area contributed by atoms with Gasteiger partial charge in [0, 0.05) is 28.1 Å². The standard InChI is InChI=1S/C19H15BrN4O2S/c1-11-5-12(2)7-13(6-11)18-22-23-19(26-18)27-10-15-8-17(25)24-9-14(20)3-4-16(24)21-15/h3-9H,10H2,1-2H3. The van der Waals surface area contributed by atoms with Gasteiger partial charge in [-0.25, -0.2) is 4.98 Å². The molecule has 0 aliphatic heterocycles. The number of hydrogen-bond acceptors (Lipinski definition) is 6. The van der Waals surface area contributed by atoms with Gasteiger partial charge in [0.05, 0.1) is 5.69 Å². The fraction of sp³-hybridized carbons (Fsp3) is 0.158. The summed E-state index contributed by atoms with van der Waals surface area (Å²) < 4.78 is 8.09. The maximum Gasteiger partial charge on any atom is 0.277 e. The molecule has 0 radical (unpaired) electrons. The minimum absolute atomic E-state index is 0.127. The summed E-state index contributed by atoms with van der Waals surface area (Å²) in [6, 6.07) is 11.3. The van der Waals surface area contributed by atoms with Crippen LogP contribution in [0.15, 0.2) is 61.5 Å². The predicted molar refractivity (Wildman–Crippen MR) is 108 cm³/mol. The summed E-state index contributed by atoms with van der Waals surface area (Å²) in [6.07, 6.45) is 1.70. The highest BCUT2D eigenvalue weighted by Gasteiger charge is 2.11. The second-order valence-corrected chi connectivity index (χ2v) is 8.04. The quantitative estimate of drug-likeness (QED) is 0.435. The van der Waals surface area contributed by atoms with Gasteiger partial charge in [0.25, 0.3) is 10.8 Å². The third-order valence-corrected chi connectivity index (χ3v) is 5.22. The molecule has 3 heterocycles. The Hall–Kier alpha value is -2.45.